The molecule has 2 N–H and O–H groups in total. The lowest BCUT2D eigenvalue weighted by atomic mass is 9.89. The van der Waals surface area contributed by atoms with Crippen molar-refractivity contribution in [2.45, 2.75) is 25.4 Å². The van der Waals surface area contributed by atoms with Crippen LogP contribution >= 0.6 is 12.4 Å². The number of hydrazone groups is 1. The number of benzene rings is 2. The molecule has 5 rings (SSSR count). The molecule has 3 aromatic rings. The quantitative estimate of drug-likeness (QED) is 0.498. The second kappa shape index (κ2) is 11.6. The molecule has 34 heavy (non-hydrogen) atoms. The number of β-amino-alcohol motifs (C(OH)–C–C–N with tert-alkyl or cyclic N) is 1. The predicted octanol–water partition coefficient (Wildman–Crippen LogP) is 3.28. The van der Waals surface area contributed by atoms with Crippen LogP contribution in [0.5, 0.6) is 5.75 Å². The van der Waals surface area contributed by atoms with Crippen molar-refractivity contribution in [3.8, 4) is 5.75 Å². The van der Waals surface area contributed by atoms with E-state index in [1.165, 1.54) is 0 Å². The van der Waals surface area contributed by atoms with Gasteiger partial charge in [0.1, 0.15) is 18.5 Å². The van der Waals surface area contributed by atoms with Crippen molar-refractivity contribution in [3.05, 3.63) is 59.8 Å². The lowest BCUT2D eigenvalue weighted by Gasteiger charge is -2.28. The fourth-order valence-electron chi connectivity index (χ4n) is 4.46. The van der Waals surface area contributed by atoms with E-state index in [0.717, 1.165) is 78.9 Å². The van der Waals surface area contributed by atoms with Crippen molar-refractivity contribution < 1.29 is 14.6 Å². The molecule has 8 nitrogen and oxygen atoms in total. The number of nitrogens with one attached hydrogen (secondary N) is 1. The summed E-state index contributed by atoms with van der Waals surface area (Å²) < 4.78 is 11.4. The summed E-state index contributed by atoms with van der Waals surface area (Å²) in [6.07, 6.45) is 4.01. The van der Waals surface area contributed by atoms with Crippen LogP contribution in [0.4, 0.5) is 5.82 Å². The van der Waals surface area contributed by atoms with E-state index in [1.807, 2.05) is 36.4 Å². The maximum atomic E-state index is 10.5. The van der Waals surface area contributed by atoms with Gasteiger partial charge in [0.2, 0.25) is 0 Å². The zero-order chi connectivity index (χ0) is 22.5. The molecule has 1 fully saturated rings. The van der Waals surface area contributed by atoms with Crippen LogP contribution in [-0.4, -0.2) is 71.5 Å². The highest BCUT2D eigenvalue weighted by molar-refractivity contribution is 6.04. The summed E-state index contributed by atoms with van der Waals surface area (Å²) in [4.78, 5) is 2.21. The first-order chi connectivity index (χ1) is 16.3. The number of halogens is 1. The normalized spacial score (nSPS) is 18.2. The molecule has 1 atom stereocenters. The number of aromatic nitrogens is 2. The van der Waals surface area contributed by atoms with Gasteiger partial charge < -0.3 is 14.6 Å². The Labute approximate surface area is 205 Å². The molecule has 1 aliphatic carbocycles. The highest BCUT2D eigenvalue weighted by Crippen LogP contribution is 2.30. The van der Waals surface area contributed by atoms with E-state index in [4.69, 9.17) is 14.6 Å². The Bertz CT molecular complexity index is 1130. The molecule has 0 saturated carbocycles. The van der Waals surface area contributed by atoms with E-state index >= 15 is 0 Å². The van der Waals surface area contributed by atoms with Crippen LogP contribution in [0.15, 0.2) is 53.8 Å². The number of nitrogens with zero attached hydrogens (tertiary/aromatic N) is 4. The first kappa shape index (κ1) is 24.3. The minimum atomic E-state index is -0.540. The van der Waals surface area contributed by atoms with Crippen LogP contribution < -0.4 is 10.2 Å². The molecular formula is C25H30ClN5O3. The largest absolute Gasteiger partial charge is 0.491 e. The molecule has 180 valence electrons. The van der Waals surface area contributed by atoms with Gasteiger partial charge in [0.25, 0.3) is 0 Å². The molecule has 1 unspecified atom stereocenters. The molecular weight excluding hydrogens is 454 g/mol. The van der Waals surface area contributed by atoms with Crippen LogP contribution in [0.2, 0.25) is 0 Å². The third-order valence-corrected chi connectivity index (χ3v) is 6.16. The Balaban J connectivity index is 0.00000274. The fourth-order valence-corrected chi connectivity index (χ4v) is 4.46. The number of ether oxygens (including phenoxy) is 2. The van der Waals surface area contributed by atoms with Gasteiger partial charge in [0.15, 0.2) is 5.82 Å². The number of aliphatic hydroxyl groups is 1. The molecule has 2 heterocycles. The number of fused-ring (bicyclic) bond motifs is 2. The van der Waals surface area contributed by atoms with Crippen LogP contribution in [-0.2, 0) is 11.2 Å². The Hall–Kier alpha value is -2.78. The lowest BCUT2D eigenvalue weighted by molar-refractivity contribution is 0.00457. The summed E-state index contributed by atoms with van der Waals surface area (Å²) in [5.41, 5.74) is 6.34. The van der Waals surface area contributed by atoms with E-state index in [9.17, 15) is 5.11 Å². The van der Waals surface area contributed by atoms with Gasteiger partial charge in [-0.1, -0.05) is 36.4 Å². The second-order valence-electron chi connectivity index (χ2n) is 8.46. The van der Waals surface area contributed by atoms with Crippen molar-refractivity contribution in [1.82, 2.24) is 15.1 Å². The van der Waals surface area contributed by atoms with Crippen LogP contribution in [0.1, 0.15) is 24.0 Å². The van der Waals surface area contributed by atoms with E-state index in [2.05, 4.69) is 26.6 Å². The number of hydrogen-bond acceptors (Lipinski definition) is 8. The summed E-state index contributed by atoms with van der Waals surface area (Å²) in [7, 11) is 0. The van der Waals surface area contributed by atoms with Gasteiger partial charge in [-0.05, 0) is 25.3 Å². The van der Waals surface area contributed by atoms with Gasteiger partial charge >= 0.3 is 0 Å². The van der Waals surface area contributed by atoms with Gasteiger partial charge in [0, 0.05) is 41.5 Å². The van der Waals surface area contributed by atoms with Gasteiger partial charge in [-0.2, -0.15) is 10.2 Å². The Morgan fingerprint density at radius 3 is 2.85 bits per heavy atom. The monoisotopic (exact) mass is 483 g/mol. The van der Waals surface area contributed by atoms with Gasteiger partial charge in [-0.15, -0.1) is 17.5 Å². The molecule has 0 amide bonds. The highest BCUT2D eigenvalue weighted by Gasteiger charge is 2.21. The summed E-state index contributed by atoms with van der Waals surface area (Å²) in [5.74, 6) is 1.47. The van der Waals surface area contributed by atoms with Gasteiger partial charge in [-0.3, -0.25) is 10.3 Å². The summed E-state index contributed by atoms with van der Waals surface area (Å²) in [6, 6.07) is 14.0. The molecule has 2 aliphatic rings. The molecule has 9 heteroatoms. The number of rotatable bonds is 7. The Kier molecular flexibility index (Phi) is 8.29. The van der Waals surface area contributed by atoms with Crippen LogP contribution in [0.25, 0.3) is 10.8 Å². The topological polar surface area (TPSA) is 92.1 Å². The predicted molar refractivity (Wildman–Crippen MR) is 135 cm³/mol. The van der Waals surface area contributed by atoms with Crippen molar-refractivity contribution in [1.29, 1.82) is 0 Å². The molecule has 0 radical (unpaired) electrons. The molecule has 1 saturated heterocycles. The fraction of sp³-hybridized carbons (Fsp3) is 0.400. The second-order valence-corrected chi connectivity index (χ2v) is 8.46. The summed E-state index contributed by atoms with van der Waals surface area (Å²) in [5, 5.41) is 25.5. The van der Waals surface area contributed by atoms with Crippen molar-refractivity contribution in [2.75, 3.05) is 44.9 Å². The number of aliphatic hydroxyl groups excluding tert-OH is 1. The lowest BCUT2D eigenvalue weighted by Crippen LogP contribution is -2.42. The molecule has 2 aromatic carbocycles. The first-order valence-corrected chi connectivity index (χ1v) is 11.5. The van der Waals surface area contributed by atoms with Crippen LogP contribution in [0, 0.1) is 0 Å². The number of anilines is 1. The highest BCUT2D eigenvalue weighted by atomic mass is 35.5. The SMILES string of the molecule is Cl.OC(COc1cccc2c1CCC/C2=N\Nc1nncc2ccccc12)CN1CCOCC1. The minimum absolute atomic E-state index is 0. The molecule has 1 aromatic heterocycles. The zero-order valence-electron chi connectivity index (χ0n) is 19.0. The maximum absolute atomic E-state index is 10.5. The molecule has 0 spiro atoms. The van der Waals surface area contributed by atoms with Crippen molar-refractivity contribution >= 4 is 34.7 Å². The average Bonchev–Trinajstić information content (AvgIpc) is 2.86. The number of morpholine rings is 1. The standard InChI is InChI=1S/C25H29N5O3.ClH/c31-19(16-30-11-13-32-14-12-30)17-33-24-10-4-7-21-22(24)8-3-9-23(21)27-29-25-20-6-2-1-5-18(20)15-26-28-25;/h1-2,4-7,10,15,19,31H,3,8-9,11-14,16-17H2,(H,28,29);1H/b27-23+;. The zero-order valence-corrected chi connectivity index (χ0v) is 19.8. The third-order valence-electron chi connectivity index (χ3n) is 6.16. The smallest absolute Gasteiger partial charge is 0.176 e. The van der Waals surface area contributed by atoms with Gasteiger partial charge in [-0.25, -0.2) is 0 Å². The Morgan fingerprint density at radius 2 is 1.97 bits per heavy atom. The van der Waals surface area contributed by atoms with E-state index in [-0.39, 0.29) is 19.0 Å². The summed E-state index contributed by atoms with van der Waals surface area (Å²) in [6.45, 7) is 4.02. The van der Waals surface area contributed by atoms with Crippen molar-refractivity contribution in [3.63, 3.8) is 0 Å². The van der Waals surface area contributed by atoms with E-state index in [1.54, 1.807) is 6.20 Å². The van der Waals surface area contributed by atoms with E-state index in [0.29, 0.717) is 12.4 Å². The summed E-state index contributed by atoms with van der Waals surface area (Å²) >= 11 is 0. The maximum Gasteiger partial charge on any atom is 0.176 e. The van der Waals surface area contributed by atoms with Crippen LogP contribution in [0.3, 0.4) is 0 Å². The third kappa shape index (κ3) is 5.64. The van der Waals surface area contributed by atoms with Crippen molar-refractivity contribution in [2.24, 2.45) is 5.10 Å². The number of hydrogen-bond donors (Lipinski definition) is 2. The molecule has 0 bridgehead atoms. The van der Waals surface area contributed by atoms with Gasteiger partial charge in [0.05, 0.1) is 25.1 Å². The average molecular weight is 484 g/mol. The minimum Gasteiger partial charge on any atom is -0.491 e. The van der Waals surface area contributed by atoms with E-state index < -0.39 is 6.10 Å². The first-order valence-electron chi connectivity index (χ1n) is 11.5. The Morgan fingerprint density at radius 1 is 1.12 bits per heavy atom. The molecule has 1 aliphatic heterocycles.